The molecule has 0 bridgehead atoms. The van der Waals surface area contributed by atoms with E-state index in [9.17, 15) is 18.8 Å². The quantitative estimate of drug-likeness (QED) is 0.824. The Hall–Kier alpha value is -2.64. The van der Waals surface area contributed by atoms with Gasteiger partial charge in [-0.3, -0.25) is 9.59 Å². The average Bonchev–Trinajstić information content (AvgIpc) is 2.60. The highest BCUT2D eigenvalue weighted by Crippen LogP contribution is 2.16. The van der Waals surface area contributed by atoms with Crippen molar-refractivity contribution in [2.75, 3.05) is 44.2 Å². The predicted octanol–water partition coefficient (Wildman–Crippen LogP) is 1.48. The third kappa shape index (κ3) is 4.91. The second-order valence-electron chi connectivity index (χ2n) is 5.65. The smallest absolute Gasteiger partial charge is 0.409 e. The second-order valence-corrected chi connectivity index (χ2v) is 5.65. The summed E-state index contributed by atoms with van der Waals surface area (Å²) in [6, 6.07) is 5.41. The zero-order valence-corrected chi connectivity index (χ0v) is 14.4. The van der Waals surface area contributed by atoms with Crippen LogP contribution < -0.4 is 4.90 Å². The molecule has 1 aliphatic rings. The number of carbonyl (C=O) groups is 3. The van der Waals surface area contributed by atoms with Gasteiger partial charge >= 0.3 is 6.09 Å². The first kappa shape index (κ1) is 18.7. The number of rotatable bonds is 4. The molecular formula is C17H22FN3O4. The van der Waals surface area contributed by atoms with Crippen molar-refractivity contribution in [1.82, 2.24) is 9.80 Å². The Bertz CT molecular complexity index is 627. The maximum absolute atomic E-state index is 13.0. The van der Waals surface area contributed by atoms with Gasteiger partial charge in [0.05, 0.1) is 6.61 Å². The van der Waals surface area contributed by atoms with Gasteiger partial charge in [0.1, 0.15) is 12.4 Å². The molecule has 7 nitrogen and oxygen atoms in total. The topological polar surface area (TPSA) is 70.2 Å². The van der Waals surface area contributed by atoms with Gasteiger partial charge in [0, 0.05) is 38.8 Å². The SMILES string of the molecule is CCOC(=O)N1CCN(C(=O)CN(C(C)=O)c2ccc(F)cc2)CC1. The molecule has 1 saturated heterocycles. The third-order valence-corrected chi connectivity index (χ3v) is 3.97. The van der Waals surface area contributed by atoms with Crippen LogP contribution in [0, 0.1) is 5.82 Å². The summed E-state index contributed by atoms with van der Waals surface area (Å²) in [4.78, 5) is 40.5. The van der Waals surface area contributed by atoms with Crippen LogP contribution in [0.15, 0.2) is 24.3 Å². The van der Waals surface area contributed by atoms with Crippen LogP contribution in [-0.4, -0.2) is 67.0 Å². The number of piperazine rings is 1. The lowest BCUT2D eigenvalue weighted by Gasteiger charge is -2.35. The van der Waals surface area contributed by atoms with E-state index in [0.717, 1.165) is 0 Å². The van der Waals surface area contributed by atoms with E-state index >= 15 is 0 Å². The Kier molecular flexibility index (Phi) is 6.32. The summed E-state index contributed by atoms with van der Waals surface area (Å²) in [5.74, 6) is -0.929. The number of hydrogen-bond acceptors (Lipinski definition) is 4. The predicted molar refractivity (Wildman–Crippen MR) is 89.6 cm³/mol. The van der Waals surface area contributed by atoms with Crippen molar-refractivity contribution in [3.8, 4) is 0 Å². The molecule has 0 radical (unpaired) electrons. The number of carbonyl (C=O) groups excluding carboxylic acids is 3. The number of benzene rings is 1. The zero-order chi connectivity index (χ0) is 18.4. The summed E-state index contributed by atoms with van der Waals surface area (Å²) < 4.78 is 18.0. The number of halogens is 1. The van der Waals surface area contributed by atoms with Gasteiger partial charge in [-0.15, -0.1) is 0 Å². The number of anilines is 1. The second kappa shape index (κ2) is 8.46. The lowest BCUT2D eigenvalue weighted by atomic mass is 10.2. The van der Waals surface area contributed by atoms with Crippen molar-refractivity contribution in [3.05, 3.63) is 30.1 Å². The molecule has 0 atom stereocenters. The van der Waals surface area contributed by atoms with Crippen molar-refractivity contribution in [3.63, 3.8) is 0 Å². The molecule has 0 N–H and O–H groups in total. The molecule has 1 aromatic rings. The van der Waals surface area contributed by atoms with E-state index in [1.807, 2.05) is 0 Å². The summed E-state index contributed by atoms with van der Waals surface area (Å²) in [7, 11) is 0. The molecule has 2 rings (SSSR count). The van der Waals surface area contributed by atoms with Gasteiger partial charge in [0.15, 0.2) is 0 Å². The van der Waals surface area contributed by atoms with Crippen molar-refractivity contribution in [2.24, 2.45) is 0 Å². The molecule has 0 saturated carbocycles. The first-order valence-electron chi connectivity index (χ1n) is 8.15. The van der Waals surface area contributed by atoms with Crippen LogP contribution in [0.25, 0.3) is 0 Å². The summed E-state index contributed by atoms with van der Waals surface area (Å²) >= 11 is 0. The van der Waals surface area contributed by atoms with Gasteiger partial charge in [-0.2, -0.15) is 0 Å². The highest BCUT2D eigenvalue weighted by Gasteiger charge is 2.26. The molecule has 3 amide bonds. The van der Waals surface area contributed by atoms with Crippen molar-refractivity contribution in [1.29, 1.82) is 0 Å². The summed E-state index contributed by atoms with van der Waals surface area (Å²) in [6.07, 6.45) is -0.383. The fourth-order valence-corrected chi connectivity index (χ4v) is 2.59. The van der Waals surface area contributed by atoms with Crippen LogP contribution in [0.1, 0.15) is 13.8 Å². The van der Waals surface area contributed by atoms with Crippen molar-refractivity contribution < 1.29 is 23.5 Å². The van der Waals surface area contributed by atoms with Crippen LogP contribution in [-0.2, 0) is 14.3 Å². The van der Waals surface area contributed by atoms with Gasteiger partial charge in [-0.1, -0.05) is 0 Å². The number of ether oxygens (including phenoxy) is 1. The van der Waals surface area contributed by atoms with E-state index in [1.165, 1.54) is 36.1 Å². The van der Waals surface area contributed by atoms with Gasteiger partial charge < -0.3 is 19.4 Å². The van der Waals surface area contributed by atoms with Crippen molar-refractivity contribution >= 4 is 23.6 Å². The van der Waals surface area contributed by atoms with Crippen LogP contribution in [0.5, 0.6) is 0 Å². The van der Waals surface area contributed by atoms with E-state index in [4.69, 9.17) is 4.74 Å². The van der Waals surface area contributed by atoms with Gasteiger partial charge in [-0.25, -0.2) is 9.18 Å². The first-order valence-corrected chi connectivity index (χ1v) is 8.15. The molecule has 1 aliphatic heterocycles. The average molecular weight is 351 g/mol. The van der Waals surface area contributed by atoms with Gasteiger partial charge in [0.2, 0.25) is 11.8 Å². The van der Waals surface area contributed by atoms with E-state index < -0.39 is 5.82 Å². The van der Waals surface area contributed by atoms with Gasteiger partial charge in [-0.05, 0) is 31.2 Å². The highest BCUT2D eigenvalue weighted by atomic mass is 19.1. The Morgan fingerprint density at radius 3 is 2.16 bits per heavy atom. The Morgan fingerprint density at radius 1 is 1.08 bits per heavy atom. The van der Waals surface area contributed by atoms with E-state index in [0.29, 0.717) is 38.5 Å². The number of amides is 3. The molecule has 0 unspecified atom stereocenters. The fourth-order valence-electron chi connectivity index (χ4n) is 2.59. The minimum atomic E-state index is -0.409. The van der Waals surface area contributed by atoms with Crippen LogP contribution in [0.4, 0.5) is 14.9 Å². The summed E-state index contributed by atoms with van der Waals surface area (Å²) in [5.41, 5.74) is 0.465. The Labute approximate surface area is 145 Å². The molecule has 1 fully saturated rings. The molecule has 0 aromatic heterocycles. The first-order chi connectivity index (χ1) is 11.9. The molecule has 136 valence electrons. The third-order valence-electron chi connectivity index (χ3n) is 3.97. The number of hydrogen-bond donors (Lipinski definition) is 0. The molecule has 0 spiro atoms. The fraction of sp³-hybridized carbons (Fsp3) is 0.471. The summed E-state index contributed by atoms with van der Waals surface area (Å²) in [5, 5.41) is 0. The summed E-state index contributed by atoms with van der Waals surface area (Å²) in [6.45, 7) is 4.82. The van der Waals surface area contributed by atoms with Gasteiger partial charge in [0.25, 0.3) is 0 Å². The molecule has 1 heterocycles. The normalized spacial score (nSPS) is 14.2. The highest BCUT2D eigenvalue weighted by molar-refractivity contribution is 5.97. The molecule has 25 heavy (non-hydrogen) atoms. The molecule has 0 aliphatic carbocycles. The maximum Gasteiger partial charge on any atom is 0.409 e. The number of nitrogens with zero attached hydrogens (tertiary/aromatic N) is 3. The monoisotopic (exact) mass is 351 g/mol. The lowest BCUT2D eigenvalue weighted by Crippen LogP contribution is -2.53. The van der Waals surface area contributed by atoms with Crippen LogP contribution >= 0.6 is 0 Å². The zero-order valence-electron chi connectivity index (χ0n) is 14.4. The Balaban J connectivity index is 1.95. The van der Waals surface area contributed by atoms with E-state index in [-0.39, 0.29) is 24.5 Å². The molecule has 8 heteroatoms. The van der Waals surface area contributed by atoms with E-state index in [2.05, 4.69) is 0 Å². The van der Waals surface area contributed by atoms with Crippen LogP contribution in [0.3, 0.4) is 0 Å². The minimum Gasteiger partial charge on any atom is -0.450 e. The molecular weight excluding hydrogens is 329 g/mol. The maximum atomic E-state index is 13.0. The van der Waals surface area contributed by atoms with Crippen LogP contribution in [0.2, 0.25) is 0 Å². The largest absolute Gasteiger partial charge is 0.450 e. The van der Waals surface area contributed by atoms with Crippen molar-refractivity contribution in [2.45, 2.75) is 13.8 Å². The lowest BCUT2D eigenvalue weighted by molar-refractivity contribution is -0.132. The standard InChI is InChI=1S/C17H22FN3O4/c1-3-25-17(24)20-10-8-19(9-11-20)16(23)12-21(13(2)22)15-6-4-14(18)5-7-15/h4-7H,3,8-12H2,1-2H3. The Morgan fingerprint density at radius 2 is 1.64 bits per heavy atom. The van der Waals surface area contributed by atoms with E-state index in [1.54, 1.807) is 16.7 Å². The minimum absolute atomic E-state index is 0.125. The molecule has 1 aromatic carbocycles.